The van der Waals surface area contributed by atoms with E-state index in [2.05, 4.69) is 4.98 Å². The zero-order valence-electron chi connectivity index (χ0n) is 15.1. The molecule has 1 aromatic carbocycles. The fraction of sp³-hybridized carbons (Fsp3) is 0.316. The molecule has 3 heterocycles. The van der Waals surface area contributed by atoms with Crippen LogP contribution in [0.4, 0.5) is 0 Å². The Balaban J connectivity index is 1.55. The van der Waals surface area contributed by atoms with Crippen molar-refractivity contribution in [1.29, 1.82) is 0 Å². The number of ether oxygens (including phenoxy) is 2. The summed E-state index contributed by atoms with van der Waals surface area (Å²) in [5, 5.41) is 1.83. The van der Waals surface area contributed by atoms with E-state index < -0.39 is 0 Å². The van der Waals surface area contributed by atoms with E-state index in [1.165, 1.54) is 22.2 Å². The number of carbonyl (C=O) groups is 1. The third kappa shape index (κ3) is 3.16. The Hall–Kier alpha value is -2.87. The lowest BCUT2D eigenvalue weighted by molar-refractivity contribution is -0.132. The summed E-state index contributed by atoms with van der Waals surface area (Å²) in [6, 6.07) is 5.69. The fourth-order valence-electron chi connectivity index (χ4n) is 3.33. The van der Waals surface area contributed by atoms with E-state index in [1.54, 1.807) is 25.2 Å². The van der Waals surface area contributed by atoms with Gasteiger partial charge < -0.3 is 14.4 Å². The molecule has 4 rings (SSSR count). The largest absolute Gasteiger partial charge is 0.493 e. The first-order valence-electron chi connectivity index (χ1n) is 8.55. The van der Waals surface area contributed by atoms with Crippen LogP contribution in [0.5, 0.6) is 11.5 Å². The molecule has 3 aromatic rings. The zero-order chi connectivity index (χ0) is 19.0. The Kier molecular flexibility index (Phi) is 4.57. The van der Waals surface area contributed by atoms with Gasteiger partial charge in [0.1, 0.15) is 11.2 Å². The molecular weight excluding hydrogens is 366 g/mol. The highest BCUT2D eigenvalue weighted by Crippen LogP contribution is 2.33. The Bertz CT molecular complexity index is 1070. The van der Waals surface area contributed by atoms with Gasteiger partial charge in [-0.05, 0) is 41.1 Å². The summed E-state index contributed by atoms with van der Waals surface area (Å²) < 4.78 is 12.7. The molecule has 8 heteroatoms. The molecule has 0 atom stereocenters. The molecule has 1 aliphatic rings. The van der Waals surface area contributed by atoms with E-state index in [0.717, 1.165) is 17.5 Å². The average Bonchev–Trinajstić information content (AvgIpc) is 3.18. The second-order valence-corrected chi connectivity index (χ2v) is 7.27. The summed E-state index contributed by atoms with van der Waals surface area (Å²) in [7, 11) is 3.20. The molecule has 0 unspecified atom stereocenters. The first-order valence-corrected chi connectivity index (χ1v) is 9.43. The number of nitrogens with zero attached hydrogens (tertiary/aromatic N) is 3. The number of fused-ring (bicyclic) bond motifs is 2. The van der Waals surface area contributed by atoms with E-state index in [4.69, 9.17) is 9.47 Å². The van der Waals surface area contributed by atoms with E-state index in [-0.39, 0.29) is 18.0 Å². The van der Waals surface area contributed by atoms with Crippen LogP contribution >= 0.6 is 11.3 Å². The molecule has 0 saturated heterocycles. The summed E-state index contributed by atoms with van der Waals surface area (Å²) in [5.74, 6) is 1.24. The Morgan fingerprint density at radius 2 is 1.96 bits per heavy atom. The fourth-order valence-corrected chi connectivity index (χ4v) is 4.13. The van der Waals surface area contributed by atoms with Gasteiger partial charge in [-0.2, -0.15) is 0 Å². The minimum Gasteiger partial charge on any atom is -0.493 e. The topological polar surface area (TPSA) is 73.7 Å². The molecule has 0 saturated carbocycles. The van der Waals surface area contributed by atoms with Crippen LogP contribution in [0.1, 0.15) is 11.1 Å². The van der Waals surface area contributed by atoms with Gasteiger partial charge in [0.2, 0.25) is 5.91 Å². The highest BCUT2D eigenvalue weighted by molar-refractivity contribution is 7.17. The van der Waals surface area contributed by atoms with Gasteiger partial charge >= 0.3 is 0 Å². The van der Waals surface area contributed by atoms with Crippen LogP contribution in [0.15, 0.2) is 34.7 Å². The van der Waals surface area contributed by atoms with Gasteiger partial charge in [-0.1, -0.05) is 0 Å². The van der Waals surface area contributed by atoms with Crippen LogP contribution in [0.2, 0.25) is 0 Å². The number of carbonyl (C=O) groups excluding carboxylic acids is 1. The molecule has 1 amide bonds. The van der Waals surface area contributed by atoms with Gasteiger partial charge in [-0.15, -0.1) is 11.3 Å². The maximum Gasteiger partial charge on any atom is 0.271 e. The summed E-state index contributed by atoms with van der Waals surface area (Å²) >= 11 is 1.34. The molecule has 27 heavy (non-hydrogen) atoms. The van der Waals surface area contributed by atoms with Gasteiger partial charge in [0.25, 0.3) is 5.56 Å². The SMILES string of the molecule is COc1cc2c(cc1OC)CN(C(=O)Cn1cnc3ccsc3c1=O)CC2. The predicted molar refractivity (Wildman–Crippen MR) is 103 cm³/mol. The van der Waals surface area contributed by atoms with Crippen molar-refractivity contribution in [2.75, 3.05) is 20.8 Å². The number of rotatable bonds is 4. The minimum absolute atomic E-state index is 0.0116. The van der Waals surface area contributed by atoms with Crippen molar-refractivity contribution in [2.45, 2.75) is 19.5 Å². The minimum atomic E-state index is -0.174. The normalized spacial score (nSPS) is 13.5. The molecule has 0 bridgehead atoms. The average molecular weight is 385 g/mol. The summed E-state index contributed by atoms with van der Waals surface area (Å²) in [6.45, 7) is 1.07. The highest BCUT2D eigenvalue weighted by atomic mass is 32.1. The van der Waals surface area contributed by atoms with E-state index >= 15 is 0 Å². The number of methoxy groups -OCH3 is 2. The molecular formula is C19H19N3O4S. The van der Waals surface area contributed by atoms with Crippen LogP contribution < -0.4 is 15.0 Å². The van der Waals surface area contributed by atoms with Crippen molar-refractivity contribution in [2.24, 2.45) is 0 Å². The smallest absolute Gasteiger partial charge is 0.271 e. The van der Waals surface area contributed by atoms with Gasteiger partial charge in [0, 0.05) is 13.1 Å². The number of thiophene rings is 1. The van der Waals surface area contributed by atoms with Crippen molar-refractivity contribution in [3.8, 4) is 11.5 Å². The Morgan fingerprint density at radius 1 is 1.22 bits per heavy atom. The zero-order valence-corrected chi connectivity index (χ0v) is 15.9. The Labute approximate surface area is 159 Å². The van der Waals surface area contributed by atoms with Gasteiger partial charge in [-0.3, -0.25) is 14.2 Å². The Morgan fingerprint density at radius 3 is 2.70 bits per heavy atom. The van der Waals surface area contributed by atoms with Crippen LogP contribution in [0.3, 0.4) is 0 Å². The van der Waals surface area contributed by atoms with Gasteiger partial charge in [-0.25, -0.2) is 4.98 Å². The van der Waals surface area contributed by atoms with E-state index in [0.29, 0.717) is 34.8 Å². The molecule has 0 spiro atoms. The number of hydrogen-bond acceptors (Lipinski definition) is 6. The first kappa shape index (κ1) is 17.5. The third-order valence-corrected chi connectivity index (χ3v) is 5.70. The van der Waals surface area contributed by atoms with Crippen LogP contribution in [0, 0.1) is 0 Å². The first-order chi connectivity index (χ1) is 13.1. The molecule has 2 aromatic heterocycles. The van der Waals surface area contributed by atoms with Crippen molar-refractivity contribution < 1.29 is 14.3 Å². The molecule has 0 N–H and O–H groups in total. The summed E-state index contributed by atoms with van der Waals surface area (Å²) in [4.78, 5) is 31.3. The second-order valence-electron chi connectivity index (χ2n) is 6.35. The van der Waals surface area contributed by atoms with Crippen molar-refractivity contribution in [3.05, 3.63) is 51.4 Å². The predicted octanol–water partition coefficient (Wildman–Crippen LogP) is 2.06. The molecule has 1 aliphatic heterocycles. The van der Waals surface area contributed by atoms with E-state index in [1.807, 2.05) is 17.5 Å². The van der Waals surface area contributed by atoms with E-state index in [9.17, 15) is 9.59 Å². The molecule has 140 valence electrons. The lowest BCUT2D eigenvalue weighted by Crippen LogP contribution is -2.39. The van der Waals surface area contributed by atoms with Gasteiger partial charge in [0.05, 0.1) is 26.1 Å². The van der Waals surface area contributed by atoms with Crippen LogP contribution in [-0.4, -0.2) is 41.1 Å². The molecule has 7 nitrogen and oxygen atoms in total. The number of amides is 1. The molecule has 0 fully saturated rings. The summed E-state index contributed by atoms with van der Waals surface area (Å²) in [6.07, 6.45) is 2.18. The standard InChI is InChI=1S/C19H19N3O4S/c1-25-15-7-12-3-5-21(9-13(12)8-16(15)26-2)17(23)10-22-11-20-14-4-6-27-18(14)19(22)24/h4,6-8,11H,3,5,9-10H2,1-2H3. The maximum atomic E-state index is 12.8. The molecule has 0 radical (unpaired) electrons. The van der Waals surface area contributed by atoms with Gasteiger partial charge in [0.15, 0.2) is 11.5 Å². The monoisotopic (exact) mass is 385 g/mol. The number of benzene rings is 1. The van der Waals surface area contributed by atoms with Crippen LogP contribution in [0.25, 0.3) is 10.2 Å². The van der Waals surface area contributed by atoms with Crippen molar-refractivity contribution >= 4 is 27.5 Å². The lowest BCUT2D eigenvalue weighted by Gasteiger charge is -2.29. The van der Waals surface area contributed by atoms with Crippen LogP contribution in [-0.2, 0) is 24.3 Å². The highest BCUT2D eigenvalue weighted by Gasteiger charge is 2.23. The van der Waals surface area contributed by atoms with Crippen molar-refractivity contribution in [1.82, 2.24) is 14.5 Å². The lowest BCUT2D eigenvalue weighted by atomic mass is 9.98. The number of hydrogen-bond donors (Lipinski definition) is 0. The quantitative estimate of drug-likeness (QED) is 0.687. The third-order valence-electron chi connectivity index (χ3n) is 4.81. The summed E-state index contributed by atoms with van der Waals surface area (Å²) in [5.41, 5.74) is 2.68. The van der Waals surface area contributed by atoms with Crippen molar-refractivity contribution in [3.63, 3.8) is 0 Å². The second kappa shape index (κ2) is 7.03. The molecule has 0 aliphatic carbocycles. The number of aromatic nitrogens is 2. The maximum absolute atomic E-state index is 12.8.